The molecular weight excluding hydrogens is 297 g/mol. The Morgan fingerprint density at radius 1 is 1.48 bits per heavy atom. The Labute approximate surface area is 125 Å². The summed E-state index contributed by atoms with van der Waals surface area (Å²) in [4.78, 5) is 18.3. The highest BCUT2D eigenvalue weighted by Crippen LogP contribution is 2.31. The first-order valence-electron chi connectivity index (χ1n) is 6.08. The normalized spacial score (nSPS) is 10.5. The van der Waals surface area contributed by atoms with Crippen molar-refractivity contribution in [1.82, 2.24) is 9.97 Å². The van der Waals surface area contributed by atoms with E-state index < -0.39 is 11.4 Å². The van der Waals surface area contributed by atoms with Gasteiger partial charge in [-0.1, -0.05) is 25.4 Å². The van der Waals surface area contributed by atoms with Crippen LogP contribution in [-0.2, 0) is 0 Å². The van der Waals surface area contributed by atoms with Crippen molar-refractivity contribution in [3.63, 3.8) is 0 Å². The molecule has 7 heteroatoms. The fourth-order valence-corrected chi connectivity index (χ4v) is 1.95. The van der Waals surface area contributed by atoms with Crippen molar-refractivity contribution in [1.29, 1.82) is 5.26 Å². The number of hydrogen-bond donors (Lipinski definition) is 1. The van der Waals surface area contributed by atoms with E-state index in [1.54, 1.807) is 6.07 Å². The summed E-state index contributed by atoms with van der Waals surface area (Å²) in [7, 11) is 0. The van der Waals surface area contributed by atoms with Crippen LogP contribution in [0.25, 0.3) is 0 Å². The number of ether oxygens (including phenoxy) is 1. The minimum absolute atomic E-state index is 0.0972. The van der Waals surface area contributed by atoms with Crippen LogP contribution in [0, 0.1) is 17.1 Å². The molecule has 0 aliphatic heterocycles. The summed E-state index contributed by atoms with van der Waals surface area (Å²) in [5, 5.41) is 8.98. The predicted octanol–water partition coefficient (Wildman–Crippen LogP) is 3.35. The van der Waals surface area contributed by atoms with E-state index in [1.807, 2.05) is 13.8 Å². The van der Waals surface area contributed by atoms with E-state index in [1.165, 1.54) is 18.5 Å². The van der Waals surface area contributed by atoms with E-state index in [-0.39, 0.29) is 28.0 Å². The Balaban J connectivity index is 2.57. The maximum absolute atomic E-state index is 14.1. The van der Waals surface area contributed by atoms with E-state index in [0.29, 0.717) is 5.69 Å². The molecule has 5 nitrogen and oxygen atoms in total. The Morgan fingerprint density at radius 3 is 2.81 bits per heavy atom. The van der Waals surface area contributed by atoms with E-state index >= 15 is 0 Å². The minimum Gasteiger partial charge on any atom is -0.446 e. The summed E-state index contributed by atoms with van der Waals surface area (Å²) in [6.45, 7) is 3.65. The Morgan fingerprint density at radius 2 is 2.19 bits per heavy atom. The van der Waals surface area contributed by atoms with Gasteiger partial charge in [0.1, 0.15) is 6.07 Å². The molecule has 2 aromatic rings. The number of aromatic amines is 1. The molecule has 1 N–H and O–H groups in total. The van der Waals surface area contributed by atoms with Gasteiger partial charge >= 0.3 is 0 Å². The summed E-state index contributed by atoms with van der Waals surface area (Å²) in [6, 6.07) is 4.06. The monoisotopic (exact) mass is 307 g/mol. The van der Waals surface area contributed by atoms with E-state index in [2.05, 4.69) is 9.97 Å². The average Bonchev–Trinajstić information content (AvgIpc) is 2.44. The van der Waals surface area contributed by atoms with Crippen LogP contribution in [0.5, 0.6) is 11.5 Å². The van der Waals surface area contributed by atoms with Crippen LogP contribution in [0.4, 0.5) is 4.39 Å². The van der Waals surface area contributed by atoms with Gasteiger partial charge in [0.05, 0.1) is 17.6 Å². The molecule has 0 amide bonds. The zero-order valence-corrected chi connectivity index (χ0v) is 12.0. The summed E-state index contributed by atoms with van der Waals surface area (Å²) in [6.07, 6.45) is 1.25. The van der Waals surface area contributed by atoms with E-state index in [9.17, 15) is 9.18 Å². The first-order chi connectivity index (χ1) is 9.93. The van der Waals surface area contributed by atoms with Crippen LogP contribution >= 0.6 is 11.6 Å². The Bertz CT molecular complexity index is 781. The Hall–Kier alpha value is -2.39. The van der Waals surface area contributed by atoms with Gasteiger partial charge in [0.25, 0.3) is 5.56 Å². The van der Waals surface area contributed by atoms with Gasteiger partial charge in [-0.25, -0.2) is 9.37 Å². The van der Waals surface area contributed by atoms with E-state index in [4.69, 9.17) is 21.6 Å². The number of aromatic nitrogens is 2. The molecule has 21 heavy (non-hydrogen) atoms. The maximum Gasteiger partial charge on any atom is 0.294 e. The van der Waals surface area contributed by atoms with Gasteiger partial charge in [0.15, 0.2) is 11.6 Å². The van der Waals surface area contributed by atoms with E-state index in [0.717, 1.165) is 0 Å². The number of rotatable bonds is 3. The van der Waals surface area contributed by atoms with Crippen molar-refractivity contribution in [2.45, 2.75) is 19.8 Å². The molecule has 0 aliphatic rings. The number of halogens is 2. The van der Waals surface area contributed by atoms with Crippen molar-refractivity contribution in [3.05, 3.63) is 50.9 Å². The van der Waals surface area contributed by atoms with Crippen LogP contribution in [-0.4, -0.2) is 9.97 Å². The minimum atomic E-state index is -0.875. The summed E-state index contributed by atoms with van der Waals surface area (Å²) in [5.74, 6) is -1.38. The standard InChI is InChI=1S/C14H11ClFN3O2/c1-7(2)12-13(14(20)19-6-18-12)21-10-4-9(15)3-8(5-17)11(10)16/h3-4,6-7H,1-2H3,(H,18,19,20). The molecule has 1 aromatic carbocycles. The van der Waals surface area contributed by atoms with Gasteiger partial charge in [0, 0.05) is 11.1 Å². The fourth-order valence-electron chi connectivity index (χ4n) is 1.74. The van der Waals surface area contributed by atoms with Gasteiger partial charge in [-0.15, -0.1) is 0 Å². The molecule has 1 aromatic heterocycles. The largest absolute Gasteiger partial charge is 0.446 e. The van der Waals surface area contributed by atoms with Gasteiger partial charge in [-0.3, -0.25) is 4.79 Å². The third-order valence-electron chi connectivity index (χ3n) is 2.72. The first kappa shape index (κ1) is 15.0. The third kappa shape index (κ3) is 3.03. The lowest BCUT2D eigenvalue weighted by Gasteiger charge is -2.12. The molecule has 2 rings (SSSR count). The topological polar surface area (TPSA) is 78.8 Å². The van der Waals surface area contributed by atoms with Gasteiger partial charge in [-0.05, 0) is 12.0 Å². The quantitative estimate of drug-likeness (QED) is 0.943. The first-order valence-corrected chi connectivity index (χ1v) is 6.46. The average molecular weight is 308 g/mol. The molecular formula is C14H11ClFN3O2. The second-order valence-corrected chi connectivity index (χ2v) is 5.02. The second kappa shape index (κ2) is 5.94. The second-order valence-electron chi connectivity index (χ2n) is 4.58. The molecule has 0 spiro atoms. The molecule has 0 saturated heterocycles. The molecule has 0 aliphatic carbocycles. The smallest absolute Gasteiger partial charge is 0.294 e. The van der Waals surface area contributed by atoms with Crippen molar-refractivity contribution in [3.8, 4) is 17.6 Å². The van der Waals surface area contributed by atoms with Crippen molar-refractivity contribution in [2.75, 3.05) is 0 Å². The van der Waals surface area contributed by atoms with Crippen molar-refractivity contribution >= 4 is 11.6 Å². The van der Waals surface area contributed by atoms with Crippen LogP contribution in [0.1, 0.15) is 31.0 Å². The zero-order chi connectivity index (χ0) is 15.6. The van der Waals surface area contributed by atoms with Crippen LogP contribution in [0.15, 0.2) is 23.3 Å². The highest BCUT2D eigenvalue weighted by molar-refractivity contribution is 6.30. The predicted molar refractivity (Wildman–Crippen MR) is 75.1 cm³/mol. The SMILES string of the molecule is CC(C)c1nc[nH]c(=O)c1Oc1cc(Cl)cc(C#N)c1F. The maximum atomic E-state index is 14.1. The highest BCUT2D eigenvalue weighted by Gasteiger charge is 2.18. The number of nitrogens with one attached hydrogen (secondary N) is 1. The summed E-state index contributed by atoms with van der Waals surface area (Å²) >= 11 is 5.81. The molecule has 0 radical (unpaired) electrons. The number of nitriles is 1. The Kier molecular flexibility index (Phi) is 4.24. The number of hydrogen-bond acceptors (Lipinski definition) is 4. The van der Waals surface area contributed by atoms with Gasteiger partial charge in [-0.2, -0.15) is 5.26 Å². The molecule has 0 saturated carbocycles. The van der Waals surface area contributed by atoms with Crippen molar-refractivity contribution < 1.29 is 9.13 Å². The third-order valence-corrected chi connectivity index (χ3v) is 2.94. The number of nitrogens with zero attached hydrogens (tertiary/aromatic N) is 2. The molecule has 0 atom stereocenters. The number of benzene rings is 1. The molecule has 1 heterocycles. The summed E-state index contributed by atoms with van der Waals surface area (Å²) < 4.78 is 19.4. The number of H-pyrrole nitrogens is 1. The molecule has 0 bridgehead atoms. The fraction of sp³-hybridized carbons (Fsp3) is 0.214. The molecule has 0 unspecified atom stereocenters. The van der Waals surface area contributed by atoms with Gasteiger partial charge in [0.2, 0.25) is 5.75 Å². The highest BCUT2D eigenvalue weighted by atomic mass is 35.5. The zero-order valence-electron chi connectivity index (χ0n) is 11.3. The summed E-state index contributed by atoms with van der Waals surface area (Å²) in [5.41, 5.74) is -0.410. The molecule has 0 fully saturated rings. The lowest BCUT2D eigenvalue weighted by Crippen LogP contribution is -2.14. The van der Waals surface area contributed by atoms with Crippen LogP contribution in [0.2, 0.25) is 5.02 Å². The lowest BCUT2D eigenvalue weighted by atomic mass is 10.1. The van der Waals surface area contributed by atoms with Crippen molar-refractivity contribution in [2.24, 2.45) is 0 Å². The van der Waals surface area contributed by atoms with Crippen LogP contribution < -0.4 is 10.3 Å². The van der Waals surface area contributed by atoms with Gasteiger partial charge < -0.3 is 9.72 Å². The van der Waals surface area contributed by atoms with Crippen LogP contribution in [0.3, 0.4) is 0 Å². The lowest BCUT2D eigenvalue weighted by molar-refractivity contribution is 0.425. The molecule has 108 valence electrons.